The maximum atomic E-state index is 12.5. The van der Waals surface area contributed by atoms with E-state index < -0.39 is 0 Å². The Morgan fingerprint density at radius 2 is 1.85 bits per heavy atom. The van der Waals surface area contributed by atoms with Gasteiger partial charge in [0.1, 0.15) is 5.69 Å². The van der Waals surface area contributed by atoms with Gasteiger partial charge in [-0.15, -0.1) is 0 Å². The molecular weight excluding hydrogens is 252 g/mol. The quantitative estimate of drug-likeness (QED) is 0.840. The molecule has 0 saturated carbocycles. The van der Waals surface area contributed by atoms with Crippen molar-refractivity contribution in [1.82, 2.24) is 4.57 Å². The SMILES string of the molecule is Cc1ccc(C)c(N(C)C(=O)c2cccc(=O)n2C)c1. The molecule has 0 spiro atoms. The fourth-order valence-electron chi connectivity index (χ4n) is 2.14. The van der Waals surface area contributed by atoms with Crippen LogP contribution < -0.4 is 10.5 Å². The Balaban J connectivity index is 2.45. The average Bonchev–Trinajstić information content (AvgIpc) is 2.43. The maximum absolute atomic E-state index is 12.5. The molecule has 20 heavy (non-hydrogen) atoms. The Labute approximate surface area is 118 Å². The summed E-state index contributed by atoms with van der Waals surface area (Å²) in [5.41, 5.74) is 3.15. The number of rotatable bonds is 2. The molecule has 0 aliphatic heterocycles. The lowest BCUT2D eigenvalue weighted by atomic mass is 10.1. The monoisotopic (exact) mass is 270 g/mol. The molecule has 0 unspecified atom stereocenters. The van der Waals surface area contributed by atoms with E-state index in [1.807, 2.05) is 32.0 Å². The molecule has 4 heteroatoms. The van der Waals surface area contributed by atoms with Gasteiger partial charge < -0.3 is 9.47 Å². The molecule has 0 bridgehead atoms. The van der Waals surface area contributed by atoms with Crippen molar-refractivity contribution < 1.29 is 4.79 Å². The Hall–Kier alpha value is -2.36. The third-order valence-electron chi connectivity index (χ3n) is 3.43. The molecule has 1 aromatic heterocycles. The van der Waals surface area contributed by atoms with E-state index in [0.29, 0.717) is 5.69 Å². The summed E-state index contributed by atoms with van der Waals surface area (Å²) in [6, 6.07) is 10.7. The number of hydrogen-bond acceptors (Lipinski definition) is 2. The van der Waals surface area contributed by atoms with Gasteiger partial charge >= 0.3 is 0 Å². The lowest BCUT2D eigenvalue weighted by Gasteiger charge is -2.21. The molecule has 1 heterocycles. The van der Waals surface area contributed by atoms with Crippen LogP contribution in [0.3, 0.4) is 0 Å². The molecule has 0 aliphatic rings. The Morgan fingerprint density at radius 3 is 2.55 bits per heavy atom. The minimum atomic E-state index is -0.195. The first kappa shape index (κ1) is 14.1. The van der Waals surface area contributed by atoms with Crippen LogP contribution in [-0.2, 0) is 7.05 Å². The van der Waals surface area contributed by atoms with Gasteiger partial charge in [-0.2, -0.15) is 0 Å². The number of aryl methyl sites for hydroxylation is 2. The van der Waals surface area contributed by atoms with Gasteiger partial charge in [0.05, 0.1) is 0 Å². The summed E-state index contributed by atoms with van der Waals surface area (Å²) in [5.74, 6) is -0.195. The van der Waals surface area contributed by atoms with E-state index in [1.165, 1.54) is 10.6 Å². The molecular formula is C16H18N2O2. The third-order valence-corrected chi connectivity index (χ3v) is 3.43. The zero-order valence-corrected chi connectivity index (χ0v) is 12.2. The van der Waals surface area contributed by atoms with Gasteiger partial charge in [0.2, 0.25) is 0 Å². The normalized spacial score (nSPS) is 10.4. The van der Waals surface area contributed by atoms with Gasteiger partial charge in [-0.05, 0) is 37.1 Å². The van der Waals surface area contributed by atoms with Crippen LogP contribution in [0, 0.1) is 13.8 Å². The molecule has 2 rings (SSSR count). The Kier molecular flexibility index (Phi) is 3.74. The highest BCUT2D eigenvalue weighted by atomic mass is 16.2. The molecule has 0 radical (unpaired) electrons. The van der Waals surface area contributed by atoms with Gasteiger partial charge in [0, 0.05) is 25.8 Å². The van der Waals surface area contributed by atoms with E-state index in [-0.39, 0.29) is 11.5 Å². The molecule has 2 aromatic rings. The van der Waals surface area contributed by atoms with Crippen molar-refractivity contribution in [3.8, 4) is 0 Å². The summed E-state index contributed by atoms with van der Waals surface area (Å²) in [7, 11) is 3.33. The van der Waals surface area contributed by atoms with Crippen molar-refractivity contribution in [2.45, 2.75) is 13.8 Å². The molecule has 1 aromatic carbocycles. The topological polar surface area (TPSA) is 42.3 Å². The highest BCUT2D eigenvalue weighted by Crippen LogP contribution is 2.21. The fraction of sp³-hybridized carbons (Fsp3) is 0.250. The fourth-order valence-corrected chi connectivity index (χ4v) is 2.14. The van der Waals surface area contributed by atoms with Crippen LogP contribution in [0.15, 0.2) is 41.2 Å². The third kappa shape index (κ3) is 2.50. The summed E-state index contributed by atoms with van der Waals surface area (Å²) in [4.78, 5) is 25.7. The number of hydrogen-bond donors (Lipinski definition) is 0. The van der Waals surface area contributed by atoms with Crippen molar-refractivity contribution in [3.63, 3.8) is 0 Å². The largest absolute Gasteiger partial charge is 0.310 e. The van der Waals surface area contributed by atoms with Crippen LogP contribution in [0.5, 0.6) is 0 Å². The molecule has 0 atom stereocenters. The van der Waals surface area contributed by atoms with E-state index in [1.54, 1.807) is 31.1 Å². The van der Waals surface area contributed by atoms with Gasteiger partial charge in [-0.1, -0.05) is 18.2 Å². The second-order valence-electron chi connectivity index (χ2n) is 4.96. The van der Waals surface area contributed by atoms with Crippen LogP contribution in [0.4, 0.5) is 5.69 Å². The van der Waals surface area contributed by atoms with E-state index in [0.717, 1.165) is 16.8 Å². The number of pyridine rings is 1. The van der Waals surface area contributed by atoms with Crippen molar-refractivity contribution in [2.75, 3.05) is 11.9 Å². The van der Waals surface area contributed by atoms with Gasteiger partial charge in [-0.25, -0.2) is 0 Å². The average molecular weight is 270 g/mol. The van der Waals surface area contributed by atoms with Crippen LogP contribution >= 0.6 is 0 Å². The van der Waals surface area contributed by atoms with Crippen molar-refractivity contribution in [2.24, 2.45) is 7.05 Å². The molecule has 1 amide bonds. The van der Waals surface area contributed by atoms with Crippen LogP contribution in [0.1, 0.15) is 21.6 Å². The first-order valence-electron chi connectivity index (χ1n) is 6.43. The van der Waals surface area contributed by atoms with Gasteiger partial charge in [-0.3, -0.25) is 9.59 Å². The summed E-state index contributed by atoms with van der Waals surface area (Å²) >= 11 is 0. The maximum Gasteiger partial charge on any atom is 0.274 e. The lowest BCUT2D eigenvalue weighted by molar-refractivity contribution is 0.0984. The van der Waals surface area contributed by atoms with Crippen molar-refractivity contribution in [1.29, 1.82) is 0 Å². The summed E-state index contributed by atoms with van der Waals surface area (Å²) in [6.45, 7) is 3.95. The van der Waals surface area contributed by atoms with Crippen molar-refractivity contribution >= 4 is 11.6 Å². The Morgan fingerprint density at radius 1 is 1.15 bits per heavy atom. The number of amides is 1. The summed E-state index contributed by atoms with van der Waals surface area (Å²) in [6.07, 6.45) is 0. The van der Waals surface area contributed by atoms with E-state index in [4.69, 9.17) is 0 Å². The first-order valence-corrected chi connectivity index (χ1v) is 6.43. The van der Waals surface area contributed by atoms with Gasteiger partial charge in [0.15, 0.2) is 0 Å². The number of carbonyl (C=O) groups excluding carboxylic acids is 1. The number of aromatic nitrogens is 1. The second-order valence-corrected chi connectivity index (χ2v) is 4.96. The molecule has 0 saturated heterocycles. The summed E-state index contributed by atoms with van der Waals surface area (Å²) in [5, 5.41) is 0. The van der Waals surface area contributed by atoms with Crippen LogP contribution in [0.2, 0.25) is 0 Å². The minimum Gasteiger partial charge on any atom is -0.310 e. The van der Waals surface area contributed by atoms with E-state index >= 15 is 0 Å². The van der Waals surface area contributed by atoms with E-state index in [9.17, 15) is 9.59 Å². The zero-order chi connectivity index (χ0) is 14.9. The highest BCUT2D eigenvalue weighted by molar-refractivity contribution is 6.05. The van der Waals surface area contributed by atoms with E-state index in [2.05, 4.69) is 0 Å². The zero-order valence-electron chi connectivity index (χ0n) is 12.2. The second kappa shape index (κ2) is 5.33. The smallest absolute Gasteiger partial charge is 0.274 e. The van der Waals surface area contributed by atoms with Crippen molar-refractivity contribution in [3.05, 3.63) is 63.6 Å². The standard InChI is InChI=1S/C16H18N2O2/c1-11-8-9-12(2)14(10-11)18(4)16(20)13-6-5-7-15(19)17(13)3/h5-10H,1-4H3. The lowest BCUT2D eigenvalue weighted by Crippen LogP contribution is -2.32. The number of anilines is 1. The number of carbonyl (C=O) groups is 1. The Bertz CT molecular complexity index is 717. The predicted molar refractivity (Wildman–Crippen MR) is 80.3 cm³/mol. The number of nitrogens with zero attached hydrogens (tertiary/aromatic N) is 2. The van der Waals surface area contributed by atoms with Gasteiger partial charge in [0.25, 0.3) is 11.5 Å². The first-order chi connectivity index (χ1) is 9.41. The number of benzene rings is 1. The molecule has 0 aliphatic carbocycles. The molecule has 104 valence electrons. The predicted octanol–water partition coefficient (Wildman–Crippen LogP) is 2.28. The minimum absolute atomic E-state index is 0.190. The molecule has 0 N–H and O–H groups in total. The highest BCUT2D eigenvalue weighted by Gasteiger charge is 2.17. The van der Waals surface area contributed by atoms with Crippen LogP contribution in [0.25, 0.3) is 0 Å². The van der Waals surface area contributed by atoms with Crippen LogP contribution in [-0.4, -0.2) is 17.5 Å². The molecule has 0 fully saturated rings. The molecule has 4 nitrogen and oxygen atoms in total. The summed E-state index contributed by atoms with van der Waals surface area (Å²) < 4.78 is 1.37.